The van der Waals surface area contributed by atoms with Crippen molar-refractivity contribution in [2.45, 2.75) is 0 Å². The van der Waals surface area contributed by atoms with Crippen molar-refractivity contribution in [3.63, 3.8) is 0 Å². The molecule has 33 heavy (non-hydrogen) atoms. The molecule has 0 unspecified atom stereocenters. The van der Waals surface area contributed by atoms with Crippen molar-refractivity contribution in [1.82, 2.24) is 0 Å². The van der Waals surface area contributed by atoms with E-state index in [0.717, 1.165) is 5.56 Å². The molecular weight excluding hydrogens is 440 g/mol. The summed E-state index contributed by atoms with van der Waals surface area (Å²) < 4.78 is 10.7. The zero-order valence-corrected chi connectivity index (χ0v) is 18.7. The summed E-state index contributed by atoms with van der Waals surface area (Å²) in [7, 11) is 3.13. The van der Waals surface area contributed by atoms with E-state index in [4.69, 9.17) is 9.47 Å². The number of amidine groups is 1. The van der Waals surface area contributed by atoms with Gasteiger partial charge in [-0.1, -0.05) is 24.3 Å². The number of anilines is 1. The van der Waals surface area contributed by atoms with Crippen LogP contribution in [-0.4, -0.2) is 36.4 Å². The molecule has 0 aliphatic carbocycles. The van der Waals surface area contributed by atoms with Crippen LogP contribution < -0.4 is 14.4 Å². The van der Waals surface area contributed by atoms with Gasteiger partial charge in [0, 0.05) is 11.6 Å². The summed E-state index contributed by atoms with van der Waals surface area (Å²) in [5, 5.41) is 9.71. The molecule has 1 N–H and O–H groups in total. The van der Waals surface area contributed by atoms with Crippen LogP contribution in [0.25, 0.3) is 6.08 Å². The second-order valence-corrected chi connectivity index (χ2v) is 7.95. The van der Waals surface area contributed by atoms with Gasteiger partial charge >= 0.3 is 5.97 Å². The Morgan fingerprint density at radius 1 is 1.00 bits per heavy atom. The van der Waals surface area contributed by atoms with Gasteiger partial charge in [0.25, 0.3) is 5.91 Å². The van der Waals surface area contributed by atoms with Crippen molar-refractivity contribution in [1.29, 1.82) is 0 Å². The van der Waals surface area contributed by atoms with Gasteiger partial charge in [-0.15, -0.1) is 0 Å². The molecule has 1 saturated heterocycles. The fourth-order valence-electron chi connectivity index (χ4n) is 3.25. The highest BCUT2D eigenvalue weighted by Crippen LogP contribution is 2.38. The van der Waals surface area contributed by atoms with Crippen LogP contribution >= 0.6 is 11.8 Å². The highest BCUT2D eigenvalue weighted by Gasteiger charge is 2.35. The van der Waals surface area contributed by atoms with E-state index < -0.39 is 5.97 Å². The normalized spacial score (nSPS) is 15.8. The quantitative estimate of drug-likeness (QED) is 0.508. The van der Waals surface area contributed by atoms with Crippen molar-refractivity contribution in [2.75, 3.05) is 19.1 Å². The Kier molecular flexibility index (Phi) is 6.46. The predicted molar refractivity (Wildman–Crippen MR) is 130 cm³/mol. The molecule has 0 atom stereocenters. The minimum Gasteiger partial charge on any atom is -0.497 e. The number of aromatic carboxylic acids is 1. The average molecular weight is 461 g/mol. The van der Waals surface area contributed by atoms with Crippen molar-refractivity contribution >= 4 is 46.3 Å². The maximum atomic E-state index is 13.4. The van der Waals surface area contributed by atoms with Crippen LogP contribution in [0.15, 0.2) is 82.7 Å². The maximum absolute atomic E-state index is 13.4. The third-order valence-electron chi connectivity index (χ3n) is 4.87. The molecule has 1 fully saturated rings. The summed E-state index contributed by atoms with van der Waals surface area (Å²) in [5.74, 6) is -0.0663. The highest BCUT2D eigenvalue weighted by molar-refractivity contribution is 8.19. The van der Waals surface area contributed by atoms with Crippen LogP contribution in [0, 0.1) is 0 Å². The number of amides is 1. The summed E-state index contributed by atoms with van der Waals surface area (Å²) in [6.07, 6.45) is 1.75. The Balaban J connectivity index is 1.78. The van der Waals surface area contributed by atoms with E-state index in [2.05, 4.69) is 4.99 Å². The molecule has 1 amide bonds. The molecule has 8 heteroatoms. The molecule has 3 aromatic rings. The Labute approximate surface area is 195 Å². The number of carbonyl (C=O) groups excluding carboxylic acids is 1. The largest absolute Gasteiger partial charge is 0.497 e. The lowest BCUT2D eigenvalue weighted by Gasteiger charge is -2.15. The van der Waals surface area contributed by atoms with E-state index in [-0.39, 0.29) is 11.5 Å². The van der Waals surface area contributed by atoms with Gasteiger partial charge in [0.2, 0.25) is 0 Å². The Bertz CT molecular complexity index is 1270. The SMILES string of the molecule is COc1ccc(/C=C2\SC(=Nc3cccc(C(=O)O)c3)N(c3ccccc3)C2=O)c(OC)c1. The molecule has 0 aromatic heterocycles. The molecule has 0 bridgehead atoms. The molecule has 4 rings (SSSR count). The number of carboxylic acids is 1. The first kappa shape index (κ1) is 22.2. The van der Waals surface area contributed by atoms with Crippen LogP contribution in [-0.2, 0) is 4.79 Å². The minimum atomic E-state index is -1.04. The first-order valence-electron chi connectivity index (χ1n) is 9.93. The van der Waals surface area contributed by atoms with Crippen molar-refractivity contribution in [3.05, 3.63) is 88.8 Å². The summed E-state index contributed by atoms with van der Waals surface area (Å²) in [5.41, 5.74) is 1.94. The number of thioether (sulfide) groups is 1. The number of nitrogens with zero attached hydrogens (tertiary/aromatic N) is 2. The van der Waals surface area contributed by atoms with Crippen LogP contribution in [0.4, 0.5) is 11.4 Å². The van der Waals surface area contributed by atoms with Gasteiger partial charge in [-0.2, -0.15) is 0 Å². The van der Waals surface area contributed by atoms with E-state index in [9.17, 15) is 14.7 Å². The number of ether oxygens (including phenoxy) is 2. The van der Waals surface area contributed by atoms with Crippen LogP contribution in [0.3, 0.4) is 0 Å². The number of hydrogen-bond donors (Lipinski definition) is 1. The number of carbonyl (C=O) groups is 2. The van der Waals surface area contributed by atoms with Crippen LogP contribution in [0.5, 0.6) is 11.5 Å². The number of benzene rings is 3. The minimum absolute atomic E-state index is 0.121. The molecule has 1 aliphatic rings. The molecule has 0 spiro atoms. The zero-order valence-electron chi connectivity index (χ0n) is 17.9. The summed E-state index contributed by atoms with van der Waals surface area (Å²) in [6.45, 7) is 0. The number of carboxylic acid groups (broad SMARTS) is 1. The first-order chi connectivity index (χ1) is 16.0. The van der Waals surface area contributed by atoms with Crippen molar-refractivity contribution in [2.24, 2.45) is 4.99 Å². The van der Waals surface area contributed by atoms with E-state index in [1.807, 2.05) is 36.4 Å². The molecule has 0 saturated carbocycles. The van der Waals surface area contributed by atoms with Gasteiger partial charge in [0.15, 0.2) is 5.17 Å². The van der Waals surface area contributed by atoms with Crippen molar-refractivity contribution < 1.29 is 24.2 Å². The number of hydrogen-bond acceptors (Lipinski definition) is 6. The summed E-state index contributed by atoms with van der Waals surface area (Å²) in [4.78, 5) is 31.3. The Morgan fingerprint density at radius 3 is 2.48 bits per heavy atom. The molecular formula is C25H20N2O5S. The lowest BCUT2D eigenvalue weighted by molar-refractivity contribution is -0.113. The average Bonchev–Trinajstić information content (AvgIpc) is 3.14. The fourth-order valence-corrected chi connectivity index (χ4v) is 4.24. The van der Waals surface area contributed by atoms with E-state index >= 15 is 0 Å². The third-order valence-corrected chi connectivity index (χ3v) is 5.83. The van der Waals surface area contributed by atoms with Gasteiger partial charge in [-0.25, -0.2) is 9.79 Å². The van der Waals surface area contributed by atoms with E-state index in [0.29, 0.717) is 32.9 Å². The molecule has 7 nitrogen and oxygen atoms in total. The van der Waals surface area contributed by atoms with Crippen molar-refractivity contribution in [3.8, 4) is 11.5 Å². The summed E-state index contributed by atoms with van der Waals surface area (Å²) >= 11 is 1.21. The third kappa shape index (κ3) is 4.75. The molecule has 1 heterocycles. The van der Waals surface area contributed by atoms with Gasteiger partial charge in [0.1, 0.15) is 11.5 Å². The monoisotopic (exact) mass is 460 g/mol. The number of para-hydroxylation sites is 1. The number of aliphatic imine (C=N–C) groups is 1. The van der Waals surface area contributed by atoms with E-state index in [1.165, 1.54) is 28.8 Å². The smallest absolute Gasteiger partial charge is 0.335 e. The van der Waals surface area contributed by atoms with Gasteiger partial charge in [-0.05, 0) is 60.3 Å². The first-order valence-corrected chi connectivity index (χ1v) is 10.7. The second kappa shape index (κ2) is 9.62. The molecule has 3 aromatic carbocycles. The van der Waals surface area contributed by atoms with Crippen LogP contribution in [0.1, 0.15) is 15.9 Å². The lowest BCUT2D eigenvalue weighted by Crippen LogP contribution is -2.28. The highest BCUT2D eigenvalue weighted by atomic mass is 32.2. The molecule has 166 valence electrons. The van der Waals surface area contributed by atoms with Gasteiger partial charge in [-0.3, -0.25) is 9.69 Å². The fraction of sp³-hybridized carbons (Fsp3) is 0.0800. The predicted octanol–water partition coefficient (Wildman–Crippen LogP) is 5.21. The number of rotatable bonds is 6. The van der Waals surface area contributed by atoms with Gasteiger partial charge in [0.05, 0.1) is 36.1 Å². The topological polar surface area (TPSA) is 88.4 Å². The van der Waals surface area contributed by atoms with Crippen LogP contribution in [0.2, 0.25) is 0 Å². The van der Waals surface area contributed by atoms with E-state index in [1.54, 1.807) is 44.6 Å². The standard InChI is InChI=1S/C25H20N2O5S/c1-31-20-12-11-16(21(15-20)32-2)14-22-23(28)27(19-9-4-3-5-10-19)25(33-22)26-18-8-6-7-17(13-18)24(29)30/h3-15H,1-2H3,(H,29,30)/b22-14-,26-25?. The Hall–Kier alpha value is -4.04. The van der Waals surface area contributed by atoms with Gasteiger partial charge < -0.3 is 14.6 Å². The number of methoxy groups -OCH3 is 2. The maximum Gasteiger partial charge on any atom is 0.335 e. The summed E-state index contributed by atoms with van der Waals surface area (Å²) in [6, 6.07) is 20.8. The molecule has 1 aliphatic heterocycles. The molecule has 0 radical (unpaired) electrons. The lowest BCUT2D eigenvalue weighted by atomic mass is 10.1. The Morgan fingerprint density at radius 2 is 1.79 bits per heavy atom. The second-order valence-electron chi connectivity index (χ2n) is 6.94. The zero-order chi connectivity index (χ0) is 23.4.